The van der Waals surface area contributed by atoms with Gasteiger partial charge in [-0.1, -0.05) is 18.2 Å². The standard InChI is InChI=1S/C24H27N5O2S/c1-17-5-3-4-6-21(17)23(30)27-22-11-14-25-29(22)19-12-15-28(16-13-19)24(31)26-18-7-9-20(32-2)10-8-18/h3-11,14,19H,12-13,15-16H2,1-2H3,(H,26,31)(H,27,30). The fourth-order valence-electron chi connectivity index (χ4n) is 3.91. The van der Waals surface area contributed by atoms with E-state index in [0.29, 0.717) is 24.5 Å². The molecule has 2 N–H and O–H groups in total. The number of carbonyl (C=O) groups is 2. The molecule has 0 aliphatic carbocycles. The van der Waals surface area contributed by atoms with Crippen molar-refractivity contribution in [1.29, 1.82) is 0 Å². The predicted octanol–water partition coefficient (Wildman–Crippen LogP) is 5.03. The van der Waals surface area contributed by atoms with Gasteiger partial charge >= 0.3 is 6.03 Å². The topological polar surface area (TPSA) is 79.3 Å². The molecule has 3 amide bonds. The second kappa shape index (κ2) is 9.91. The van der Waals surface area contributed by atoms with E-state index in [1.165, 1.54) is 0 Å². The van der Waals surface area contributed by atoms with E-state index in [1.807, 2.05) is 77.4 Å². The van der Waals surface area contributed by atoms with Gasteiger partial charge in [-0.25, -0.2) is 9.48 Å². The van der Waals surface area contributed by atoms with Crippen LogP contribution in [0.5, 0.6) is 0 Å². The molecule has 1 aliphatic rings. The first-order chi connectivity index (χ1) is 15.5. The summed E-state index contributed by atoms with van der Waals surface area (Å²) >= 11 is 1.67. The Kier molecular flexibility index (Phi) is 6.80. The fraction of sp³-hybridized carbons (Fsp3) is 0.292. The zero-order valence-electron chi connectivity index (χ0n) is 18.2. The first kappa shape index (κ1) is 22.0. The summed E-state index contributed by atoms with van der Waals surface area (Å²) in [5.41, 5.74) is 2.37. The minimum absolute atomic E-state index is 0.0890. The monoisotopic (exact) mass is 449 g/mol. The number of anilines is 2. The van der Waals surface area contributed by atoms with Crippen molar-refractivity contribution >= 4 is 35.2 Å². The molecule has 0 radical (unpaired) electrons. The fourth-order valence-corrected chi connectivity index (χ4v) is 4.31. The third-order valence-corrected chi connectivity index (χ3v) is 6.48. The van der Waals surface area contributed by atoms with E-state index in [1.54, 1.807) is 18.0 Å². The molecule has 0 unspecified atom stereocenters. The number of nitrogens with one attached hydrogen (secondary N) is 2. The molecule has 8 heteroatoms. The molecule has 166 valence electrons. The highest BCUT2D eigenvalue weighted by molar-refractivity contribution is 7.98. The van der Waals surface area contributed by atoms with Crippen LogP contribution in [0, 0.1) is 6.92 Å². The quantitative estimate of drug-likeness (QED) is 0.535. The summed E-state index contributed by atoms with van der Waals surface area (Å²) in [6.45, 7) is 3.18. The van der Waals surface area contributed by atoms with E-state index in [0.717, 1.165) is 29.0 Å². The molecular weight excluding hydrogens is 422 g/mol. The van der Waals surface area contributed by atoms with Crippen LogP contribution >= 0.6 is 11.8 Å². The van der Waals surface area contributed by atoms with Crippen LogP contribution in [0.25, 0.3) is 0 Å². The molecular formula is C24H27N5O2S. The first-order valence-electron chi connectivity index (χ1n) is 10.7. The third kappa shape index (κ3) is 4.96. The van der Waals surface area contributed by atoms with Crippen molar-refractivity contribution in [2.75, 3.05) is 30.0 Å². The van der Waals surface area contributed by atoms with Crippen molar-refractivity contribution in [2.45, 2.75) is 30.7 Å². The van der Waals surface area contributed by atoms with E-state index < -0.39 is 0 Å². The lowest BCUT2D eigenvalue weighted by atomic mass is 10.1. The van der Waals surface area contributed by atoms with E-state index in [2.05, 4.69) is 15.7 Å². The lowest BCUT2D eigenvalue weighted by molar-refractivity contribution is 0.102. The Hall–Kier alpha value is -3.26. The van der Waals surface area contributed by atoms with Crippen LogP contribution in [0.3, 0.4) is 0 Å². The molecule has 2 aromatic carbocycles. The number of aryl methyl sites for hydroxylation is 1. The Labute approximate surface area is 192 Å². The van der Waals surface area contributed by atoms with Crippen LogP contribution in [0.4, 0.5) is 16.3 Å². The molecule has 0 bridgehead atoms. The maximum absolute atomic E-state index is 12.7. The van der Waals surface area contributed by atoms with Crippen LogP contribution in [0.15, 0.2) is 65.7 Å². The van der Waals surface area contributed by atoms with E-state index >= 15 is 0 Å². The van der Waals surface area contributed by atoms with Gasteiger partial charge in [-0.15, -0.1) is 11.8 Å². The summed E-state index contributed by atoms with van der Waals surface area (Å²) in [4.78, 5) is 28.3. The molecule has 0 atom stereocenters. The number of amides is 3. The molecule has 1 aliphatic heterocycles. The summed E-state index contributed by atoms with van der Waals surface area (Å²) in [6, 6.07) is 17.2. The van der Waals surface area contributed by atoms with Gasteiger partial charge in [0.05, 0.1) is 12.2 Å². The largest absolute Gasteiger partial charge is 0.324 e. The minimum atomic E-state index is -0.144. The predicted molar refractivity (Wildman–Crippen MR) is 128 cm³/mol. The molecule has 1 saturated heterocycles. The second-order valence-corrected chi connectivity index (χ2v) is 8.69. The van der Waals surface area contributed by atoms with Gasteiger partial charge in [0.2, 0.25) is 0 Å². The second-order valence-electron chi connectivity index (χ2n) is 7.81. The van der Waals surface area contributed by atoms with Gasteiger partial charge in [0.1, 0.15) is 5.82 Å². The SMILES string of the molecule is CSc1ccc(NC(=O)N2CCC(n3nccc3NC(=O)c3ccccc3C)CC2)cc1. The van der Waals surface area contributed by atoms with Crippen LogP contribution in [0.1, 0.15) is 34.8 Å². The Morgan fingerprint density at radius 3 is 2.41 bits per heavy atom. The Balaban J connectivity index is 1.34. The van der Waals surface area contributed by atoms with Crippen LogP contribution in [0.2, 0.25) is 0 Å². The molecule has 4 rings (SSSR count). The van der Waals surface area contributed by atoms with E-state index in [-0.39, 0.29) is 18.0 Å². The Morgan fingerprint density at radius 2 is 1.72 bits per heavy atom. The van der Waals surface area contributed by atoms with Crippen molar-refractivity contribution in [3.8, 4) is 0 Å². The van der Waals surface area contributed by atoms with E-state index in [4.69, 9.17) is 0 Å². The third-order valence-electron chi connectivity index (χ3n) is 5.74. The van der Waals surface area contributed by atoms with Crippen molar-refractivity contribution in [3.63, 3.8) is 0 Å². The Bertz CT molecular complexity index is 1090. The normalized spacial score (nSPS) is 14.2. The maximum Gasteiger partial charge on any atom is 0.321 e. The van der Waals surface area contributed by atoms with Crippen LogP contribution in [-0.2, 0) is 0 Å². The summed E-state index contributed by atoms with van der Waals surface area (Å²) in [5.74, 6) is 0.532. The average Bonchev–Trinajstić information content (AvgIpc) is 3.28. The zero-order valence-corrected chi connectivity index (χ0v) is 19.1. The van der Waals surface area contributed by atoms with Gasteiger partial charge in [0.15, 0.2) is 0 Å². The molecule has 1 fully saturated rings. The number of likely N-dealkylation sites (tertiary alicyclic amines) is 1. The Morgan fingerprint density at radius 1 is 1.00 bits per heavy atom. The van der Waals surface area contributed by atoms with Gasteiger partial charge in [-0.3, -0.25) is 4.79 Å². The number of aromatic nitrogens is 2. The molecule has 32 heavy (non-hydrogen) atoms. The number of thioether (sulfide) groups is 1. The summed E-state index contributed by atoms with van der Waals surface area (Å²) < 4.78 is 1.87. The highest BCUT2D eigenvalue weighted by atomic mass is 32.2. The smallest absolute Gasteiger partial charge is 0.321 e. The van der Waals surface area contributed by atoms with Crippen molar-refractivity contribution < 1.29 is 9.59 Å². The lowest BCUT2D eigenvalue weighted by Gasteiger charge is -2.32. The van der Waals surface area contributed by atoms with Crippen LogP contribution in [-0.4, -0.2) is 46.0 Å². The lowest BCUT2D eigenvalue weighted by Crippen LogP contribution is -2.41. The number of hydrogen-bond donors (Lipinski definition) is 2. The van der Waals surface area contributed by atoms with Gasteiger partial charge in [-0.05, 0) is 61.9 Å². The average molecular weight is 450 g/mol. The number of rotatable bonds is 5. The molecule has 0 spiro atoms. The number of hydrogen-bond acceptors (Lipinski definition) is 4. The highest BCUT2D eigenvalue weighted by Crippen LogP contribution is 2.26. The van der Waals surface area contributed by atoms with Crippen LogP contribution < -0.4 is 10.6 Å². The van der Waals surface area contributed by atoms with Gasteiger partial charge < -0.3 is 15.5 Å². The van der Waals surface area contributed by atoms with Gasteiger partial charge in [-0.2, -0.15) is 5.10 Å². The first-order valence-corrected chi connectivity index (χ1v) is 11.9. The van der Waals surface area contributed by atoms with Gasteiger partial charge in [0, 0.05) is 35.3 Å². The summed E-state index contributed by atoms with van der Waals surface area (Å²) in [7, 11) is 0. The molecule has 1 aromatic heterocycles. The number of nitrogens with zero attached hydrogens (tertiary/aromatic N) is 3. The van der Waals surface area contributed by atoms with Crippen molar-refractivity contribution in [2.24, 2.45) is 0 Å². The maximum atomic E-state index is 12.7. The number of urea groups is 1. The van der Waals surface area contributed by atoms with E-state index in [9.17, 15) is 9.59 Å². The van der Waals surface area contributed by atoms with Crippen molar-refractivity contribution in [1.82, 2.24) is 14.7 Å². The zero-order chi connectivity index (χ0) is 22.5. The molecule has 3 aromatic rings. The molecule has 2 heterocycles. The number of carbonyl (C=O) groups excluding carboxylic acids is 2. The highest BCUT2D eigenvalue weighted by Gasteiger charge is 2.26. The number of piperidine rings is 1. The summed E-state index contributed by atoms with van der Waals surface area (Å²) in [6.07, 6.45) is 5.27. The van der Waals surface area contributed by atoms with Crippen molar-refractivity contribution in [3.05, 3.63) is 71.9 Å². The summed E-state index contributed by atoms with van der Waals surface area (Å²) in [5, 5.41) is 10.4. The molecule has 0 saturated carbocycles. The number of benzene rings is 2. The minimum Gasteiger partial charge on any atom is -0.324 e. The molecule has 7 nitrogen and oxygen atoms in total. The van der Waals surface area contributed by atoms with Gasteiger partial charge in [0.25, 0.3) is 5.91 Å².